The van der Waals surface area contributed by atoms with Crippen LogP contribution in [0.5, 0.6) is 5.75 Å². The van der Waals surface area contributed by atoms with Crippen LogP contribution < -0.4 is 15.0 Å². The highest BCUT2D eigenvalue weighted by Crippen LogP contribution is 2.36. The van der Waals surface area contributed by atoms with Crippen molar-refractivity contribution in [3.8, 4) is 5.75 Å². The molecule has 0 fully saturated rings. The van der Waals surface area contributed by atoms with Gasteiger partial charge in [0.05, 0.1) is 12.1 Å². The number of benzene rings is 2. The van der Waals surface area contributed by atoms with Crippen molar-refractivity contribution in [2.75, 3.05) is 16.8 Å². The van der Waals surface area contributed by atoms with Crippen LogP contribution in [0.2, 0.25) is 0 Å². The molecule has 26 heavy (non-hydrogen) atoms. The molecular weight excluding hydrogens is 335 g/mol. The number of nitrogens with zero attached hydrogens (tertiary/aromatic N) is 1. The Labute approximate surface area is 151 Å². The topological polar surface area (TPSA) is 58.6 Å². The molecule has 0 radical (unpaired) electrons. The molecule has 0 spiro atoms. The molecule has 2 aromatic carbocycles. The van der Waals surface area contributed by atoms with E-state index in [2.05, 4.69) is 11.9 Å². The molecule has 5 nitrogen and oxygen atoms in total. The molecule has 0 saturated carbocycles. The average Bonchev–Trinajstić information content (AvgIpc) is 2.61. The Morgan fingerprint density at radius 1 is 1.31 bits per heavy atom. The quantitative estimate of drug-likeness (QED) is 0.838. The van der Waals surface area contributed by atoms with Crippen LogP contribution in [-0.4, -0.2) is 24.5 Å². The fourth-order valence-electron chi connectivity index (χ4n) is 2.80. The van der Waals surface area contributed by atoms with Crippen molar-refractivity contribution >= 4 is 23.2 Å². The van der Waals surface area contributed by atoms with Gasteiger partial charge in [-0.2, -0.15) is 0 Å². The minimum Gasteiger partial charge on any atom is -0.479 e. The van der Waals surface area contributed by atoms with Crippen LogP contribution in [0.3, 0.4) is 0 Å². The summed E-state index contributed by atoms with van der Waals surface area (Å²) in [6, 6.07) is 10.9. The number of halogens is 1. The van der Waals surface area contributed by atoms with Crippen molar-refractivity contribution in [2.24, 2.45) is 0 Å². The maximum absolute atomic E-state index is 12.9. The third-order valence-electron chi connectivity index (χ3n) is 4.04. The van der Waals surface area contributed by atoms with E-state index in [-0.39, 0.29) is 24.1 Å². The van der Waals surface area contributed by atoms with Gasteiger partial charge in [-0.15, -0.1) is 6.58 Å². The van der Waals surface area contributed by atoms with Gasteiger partial charge in [-0.1, -0.05) is 18.2 Å². The number of anilines is 2. The van der Waals surface area contributed by atoms with Crippen LogP contribution in [0.4, 0.5) is 15.8 Å². The third kappa shape index (κ3) is 3.74. The highest BCUT2D eigenvalue weighted by molar-refractivity contribution is 6.01. The minimum atomic E-state index is -0.568. The van der Waals surface area contributed by atoms with E-state index < -0.39 is 6.10 Å². The molecule has 2 amide bonds. The van der Waals surface area contributed by atoms with Gasteiger partial charge in [0.15, 0.2) is 6.10 Å². The number of fused-ring (bicyclic) bond motifs is 1. The van der Waals surface area contributed by atoms with Crippen LogP contribution >= 0.6 is 0 Å². The predicted octanol–water partition coefficient (Wildman–Crippen LogP) is 3.31. The summed E-state index contributed by atoms with van der Waals surface area (Å²) >= 11 is 0. The van der Waals surface area contributed by atoms with Gasteiger partial charge in [0.1, 0.15) is 11.6 Å². The van der Waals surface area contributed by atoms with Crippen molar-refractivity contribution in [3.05, 3.63) is 66.5 Å². The van der Waals surface area contributed by atoms with Crippen molar-refractivity contribution in [1.82, 2.24) is 0 Å². The molecule has 1 atom stereocenters. The van der Waals surface area contributed by atoms with Gasteiger partial charge in [0.25, 0.3) is 5.91 Å². The number of hydrogen-bond acceptors (Lipinski definition) is 3. The Hall–Kier alpha value is -3.15. The fourth-order valence-corrected chi connectivity index (χ4v) is 2.80. The van der Waals surface area contributed by atoms with E-state index in [0.29, 0.717) is 29.2 Å². The minimum absolute atomic E-state index is 0.125. The van der Waals surface area contributed by atoms with Crippen LogP contribution in [0.25, 0.3) is 0 Å². The summed E-state index contributed by atoms with van der Waals surface area (Å²) in [6.07, 6.45) is 1.20. The van der Waals surface area contributed by atoms with Gasteiger partial charge in [0.2, 0.25) is 5.91 Å². The Kier molecular flexibility index (Phi) is 5.02. The Morgan fingerprint density at radius 3 is 2.73 bits per heavy atom. The summed E-state index contributed by atoms with van der Waals surface area (Å²) in [5.74, 6) is -0.157. The summed E-state index contributed by atoms with van der Waals surface area (Å²) < 4.78 is 18.6. The average molecular weight is 354 g/mol. The van der Waals surface area contributed by atoms with Gasteiger partial charge in [-0.3, -0.25) is 9.59 Å². The molecule has 0 bridgehead atoms. The first-order valence-corrected chi connectivity index (χ1v) is 8.25. The molecule has 0 aliphatic carbocycles. The second kappa shape index (κ2) is 7.39. The summed E-state index contributed by atoms with van der Waals surface area (Å²) in [5.41, 5.74) is 1.85. The summed E-state index contributed by atoms with van der Waals surface area (Å²) in [4.78, 5) is 26.1. The van der Waals surface area contributed by atoms with Gasteiger partial charge in [-0.25, -0.2) is 4.39 Å². The lowest BCUT2D eigenvalue weighted by atomic mass is 10.1. The van der Waals surface area contributed by atoms with Crippen molar-refractivity contribution < 1.29 is 18.7 Å². The molecule has 1 aliphatic rings. The molecule has 1 heterocycles. The molecule has 3 rings (SSSR count). The first-order chi connectivity index (χ1) is 12.5. The Bertz CT molecular complexity index is 849. The third-order valence-corrected chi connectivity index (χ3v) is 4.04. The number of carbonyl (C=O) groups is 2. The maximum atomic E-state index is 12.9. The molecule has 1 unspecified atom stereocenters. The number of hydrogen-bond donors (Lipinski definition) is 1. The zero-order valence-corrected chi connectivity index (χ0v) is 14.4. The predicted molar refractivity (Wildman–Crippen MR) is 97.8 cm³/mol. The van der Waals surface area contributed by atoms with E-state index in [1.807, 2.05) is 0 Å². The molecule has 0 saturated heterocycles. The lowest BCUT2D eigenvalue weighted by Gasteiger charge is -2.32. The standard InChI is InChI=1S/C20H19FN2O3/c1-3-10-23-17-12-16(8-9-18(17)26-13(2)20(23)25)22-19(24)11-14-4-6-15(21)7-5-14/h3-9,12-13H,1,10-11H2,2H3,(H,22,24). The summed E-state index contributed by atoms with van der Waals surface area (Å²) in [6.45, 7) is 5.73. The molecule has 1 aliphatic heterocycles. The number of carbonyl (C=O) groups excluding carboxylic acids is 2. The molecule has 134 valence electrons. The lowest BCUT2D eigenvalue weighted by Crippen LogP contribution is -2.44. The van der Waals surface area contributed by atoms with E-state index >= 15 is 0 Å². The second-order valence-electron chi connectivity index (χ2n) is 6.03. The van der Waals surface area contributed by atoms with E-state index in [9.17, 15) is 14.0 Å². The molecule has 6 heteroatoms. The van der Waals surface area contributed by atoms with Gasteiger partial charge in [-0.05, 0) is 42.8 Å². The van der Waals surface area contributed by atoms with Crippen molar-refractivity contribution in [1.29, 1.82) is 0 Å². The largest absolute Gasteiger partial charge is 0.479 e. The highest BCUT2D eigenvalue weighted by Gasteiger charge is 2.30. The van der Waals surface area contributed by atoms with Crippen LogP contribution in [0, 0.1) is 5.82 Å². The molecule has 1 N–H and O–H groups in total. The normalized spacial score (nSPS) is 15.8. The van der Waals surface area contributed by atoms with Crippen molar-refractivity contribution in [3.63, 3.8) is 0 Å². The van der Waals surface area contributed by atoms with E-state index in [1.165, 1.54) is 12.1 Å². The van der Waals surface area contributed by atoms with E-state index in [1.54, 1.807) is 48.2 Å². The van der Waals surface area contributed by atoms with Gasteiger partial charge >= 0.3 is 0 Å². The van der Waals surface area contributed by atoms with Crippen LogP contribution in [0.1, 0.15) is 12.5 Å². The van der Waals surface area contributed by atoms with E-state index in [4.69, 9.17) is 4.74 Å². The van der Waals surface area contributed by atoms with Crippen molar-refractivity contribution in [2.45, 2.75) is 19.4 Å². The van der Waals surface area contributed by atoms with Gasteiger partial charge in [0, 0.05) is 12.2 Å². The van der Waals surface area contributed by atoms with E-state index in [0.717, 1.165) is 0 Å². The molecule has 0 aromatic heterocycles. The Balaban J connectivity index is 1.77. The zero-order valence-electron chi connectivity index (χ0n) is 14.4. The first-order valence-electron chi connectivity index (χ1n) is 8.25. The fraction of sp³-hybridized carbons (Fsp3) is 0.200. The maximum Gasteiger partial charge on any atom is 0.268 e. The second-order valence-corrected chi connectivity index (χ2v) is 6.03. The Morgan fingerprint density at radius 2 is 2.04 bits per heavy atom. The number of rotatable bonds is 5. The smallest absolute Gasteiger partial charge is 0.268 e. The number of ether oxygens (including phenoxy) is 1. The lowest BCUT2D eigenvalue weighted by molar-refractivity contribution is -0.125. The first kappa shape index (κ1) is 17.7. The zero-order chi connectivity index (χ0) is 18.7. The monoisotopic (exact) mass is 354 g/mol. The SMILES string of the molecule is C=CCN1C(=O)C(C)Oc2ccc(NC(=O)Cc3ccc(F)cc3)cc21. The molecule has 2 aromatic rings. The van der Waals surface area contributed by atoms with Crippen LogP contribution in [0.15, 0.2) is 55.1 Å². The number of amides is 2. The van der Waals surface area contributed by atoms with Crippen LogP contribution in [-0.2, 0) is 16.0 Å². The highest BCUT2D eigenvalue weighted by atomic mass is 19.1. The van der Waals surface area contributed by atoms with Gasteiger partial charge < -0.3 is 15.0 Å². The molecular formula is C20H19FN2O3. The number of nitrogens with one attached hydrogen (secondary N) is 1. The summed E-state index contributed by atoms with van der Waals surface area (Å²) in [7, 11) is 0. The summed E-state index contributed by atoms with van der Waals surface area (Å²) in [5, 5.41) is 2.79.